The van der Waals surface area contributed by atoms with Crippen LogP contribution in [0.5, 0.6) is 5.88 Å². The molecule has 0 aliphatic heterocycles. The molecule has 2 aliphatic rings. The molecule has 1 aromatic rings. The fourth-order valence-electron chi connectivity index (χ4n) is 3.38. The molecule has 0 saturated heterocycles. The van der Waals surface area contributed by atoms with E-state index in [4.69, 9.17) is 4.74 Å². The van der Waals surface area contributed by atoms with E-state index < -0.39 is 0 Å². The van der Waals surface area contributed by atoms with Crippen LogP contribution in [0.4, 0.5) is 5.82 Å². The summed E-state index contributed by atoms with van der Waals surface area (Å²) in [4.78, 5) is 8.44. The molecule has 1 N–H and O–H groups in total. The van der Waals surface area contributed by atoms with Gasteiger partial charge in [0.15, 0.2) is 0 Å². The van der Waals surface area contributed by atoms with Crippen molar-refractivity contribution in [3.63, 3.8) is 0 Å². The highest BCUT2D eigenvalue weighted by atomic mass is 16.5. The predicted octanol–water partition coefficient (Wildman–Crippen LogP) is 2.39. The van der Waals surface area contributed by atoms with Gasteiger partial charge in [-0.2, -0.15) is 0 Å². The van der Waals surface area contributed by atoms with Crippen molar-refractivity contribution < 1.29 is 4.74 Å². The lowest BCUT2D eigenvalue weighted by atomic mass is 9.95. The van der Waals surface area contributed by atoms with Crippen LogP contribution in [-0.2, 0) is 0 Å². The molecule has 2 aliphatic carbocycles. The third-order valence-corrected chi connectivity index (χ3v) is 4.29. The second-order valence-corrected chi connectivity index (χ2v) is 5.28. The van der Waals surface area contributed by atoms with Gasteiger partial charge in [-0.15, -0.1) is 0 Å². The predicted molar refractivity (Wildman–Crippen MR) is 66.2 cm³/mol. The maximum atomic E-state index is 5.22. The van der Waals surface area contributed by atoms with E-state index in [-0.39, 0.29) is 0 Å². The van der Waals surface area contributed by atoms with Crippen molar-refractivity contribution in [2.75, 3.05) is 12.4 Å². The minimum Gasteiger partial charge on any atom is -0.481 e. The van der Waals surface area contributed by atoms with Crippen molar-refractivity contribution in [2.45, 2.75) is 38.6 Å². The quantitative estimate of drug-likeness (QED) is 0.870. The minimum atomic E-state index is 0.604. The molecule has 2 fully saturated rings. The number of nitrogens with one attached hydrogen (secondary N) is 1. The molecule has 17 heavy (non-hydrogen) atoms. The van der Waals surface area contributed by atoms with Gasteiger partial charge < -0.3 is 10.1 Å². The van der Waals surface area contributed by atoms with Crippen LogP contribution in [0.1, 0.15) is 31.2 Å². The number of aromatic nitrogens is 2. The van der Waals surface area contributed by atoms with Crippen molar-refractivity contribution in [2.24, 2.45) is 11.8 Å². The molecule has 1 aromatic heterocycles. The zero-order valence-electron chi connectivity index (χ0n) is 10.4. The van der Waals surface area contributed by atoms with Crippen molar-refractivity contribution in [1.29, 1.82) is 0 Å². The van der Waals surface area contributed by atoms with E-state index in [1.165, 1.54) is 25.7 Å². The summed E-state index contributed by atoms with van der Waals surface area (Å²) in [5, 5.41) is 3.58. The summed E-state index contributed by atoms with van der Waals surface area (Å²) in [6, 6.07) is 0.604. The maximum Gasteiger partial charge on any atom is 0.221 e. The molecule has 4 heteroatoms. The van der Waals surface area contributed by atoms with E-state index in [1.807, 2.05) is 6.92 Å². The zero-order valence-corrected chi connectivity index (χ0v) is 10.4. The molecule has 0 radical (unpaired) electrons. The Hall–Kier alpha value is -1.32. The summed E-state index contributed by atoms with van der Waals surface area (Å²) in [6.45, 7) is 2.01. The first-order valence-electron chi connectivity index (χ1n) is 6.40. The van der Waals surface area contributed by atoms with E-state index >= 15 is 0 Å². The Morgan fingerprint density at radius 3 is 2.82 bits per heavy atom. The maximum absolute atomic E-state index is 5.22. The number of ether oxygens (including phenoxy) is 1. The highest BCUT2D eigenvalue weighted by Gasteiger charge is 2.39. The van der Waals surface area contributed by atoms with E-state index in [1.54, 1.807) is 13.4 Å². The van der Waals surface area contributed by atoms with Gasteiger partial charge in [0.25, 0.3) is 0 Å². The van der Waals surface area contributed by atoms with Gasteiger partial charge in [-0.25, -0.2) is 9.97 Å². The Morgan fingerprint density at radius 2 is 2.18 bits per heavy atom. The van der Waals surface area contributed by atoms with Crippen molar-refractivity contribution >= 4 is 5.82 Å². The van der Waals surface area contributed by atoms with Crippen LogP contribution in [0.2, 0.25) is 0 Å². The Balaban J connectivity index is 1.77. The van der Waals surface area contributed by atoms with Gasteiger partial charge in [-0.3, -0.25) is 0 Å². The molecule has 3 atom stereocenters. The van der Waals surface area contributed by atoms with Gasteiger partial charge in [0.05, 0.1) is 12.7 Å². The Bertz CT molecular complexity index is 421. The van der Waals surface area contributed by atoms with Gasteiger partial charge >= 0.3 is 0 Å². The van der Waals surface area contributed by atoms with Crippen LogP contribution in [-0.4, -0.2) is 23.1 Å². The Labute approximate surface area is 102 Å². The van der Waals surface area contributed by atoms with E-state index in [9.17, 15) is 0 Å². The van der Waals surface area contributed by atoms with Crippen molar-refractivity contribution in [1.82, 2.24) is 9.97 Å². The third-order valence-electron chi connectivity index (χ3n) is 4.29. The van der Waals surface area contributed by atoms with Crippen LogP contribution in [0, 0.1) is 18.8 Å². The molecule has 92 valence electrons. The van der Waals surface area contributed by atoms with E-state index in [0.29, 0.717) is 11.9 Å². The summed E-state index contributed by atoms with van der Waals surface area (Å²) >= 11 is 0. The lowest BCUT2D eigenvalue weighted by Crippen LogP contribution is -2.26. The average molecular weight is 233 g/mol. The second kappa shape index (κ2) is 4.17. The summed E-state index contributed by atoms with van der Waals surface area (Å²) in [6.07, 6.45) is 7.08. The highest BCUT2D eigenvalue weighted by Crippen LogP contribution is 2.45. The first-order chi connectivity index (χ1) is 8.28. The standard InChI is InChI=1S/C13H19N3O/c1-8-12(14-7-15-13(8)17-2)16-11-6-9-3-4-10(11)5-9/h7,9-11H,3-6H2,1-2H3,(H,14,15,16). The first kappa shape index (κ1) is 10.8. The SMILES string of the molecule is COc1ncnc(NC2CC3CCC2C3)c1C. The minimum absolute atomic E-state index is 0.604. The molecule has 3 rings (SSSR count). The summed E-state index contributed by atoms with van der Waals surface area (Å²) in [5.41, 5.74) is 1.01. The van der Waals surface area contributed by atoms with Gasteiger partial charge in [-0.05, 0) is 38.0 Å². The number of rotatable bonds is 3. The molecule has 0 aromatic carbocycles. The number of fused-ring (bicyclic) bond motifs is 2. The largest absolute Gasteiger partial charge is 0.481 e. The average Bonchev–Trinajstić information content (AvgIpc) is 2.94. The van der Waals surface area contributed by atoms with Crippen molar-refractivity contribution in [3.05, 3.63) is 11.9 Å². The fraction of sp³-hybridized carbons (Fsp3) is 0.692. The third kappa shape index (κ3) is 1.85. The normalized spacial score (nSPS) is 30.6. The van der Waals surface area contributed by atoms with Crippen LogP contribution >= 0.6 is 0 Å². The molecule has 4 nitrogen and oxygen atoms in total. The zero-order chi connectivity index (χ0) is 11.8. The smallest absolute Gasteiger partial charge is 0.221 e. The number of hydrogen-bond acceptors (Lipinski definition) is 4. The molecule has 2 bridgehead atoms. The number of nitrogens with zero attached hydrogens (tertiary/aromatic N) is 2. The number of hydrogen-bond donors (Lipinski definition) is 1. The monoisotopic (exact) mass is 233 g/mol. The second-order valence-electron chi connectivity index (χ2n) is 5.28. The van der Waals surface area contributed by atoms with Gasteiger partial charge in [0, 0.05) is 6.04 Å². The van der Waals surface area contributed by atoms with Gasteiger partial charge in [0.1, 0.15) is 12.1 Å². The Morgan fingerprint density at radius 1 is 1.29 bits per heavy atom. The topological polar surface area (TPSA) is 47.0 Å². The molecule has 0 spiro atoms. The molecule has 2 saturated carbocycles. The van der Waals surface area contributed by atoms with Crippen molar-refractivity contribution in [3.8, 4) is 5.88 Å². The van der Waals surface area contributed by atoms with Gasteiger partial charge in [-0.1, -0.05) is 6.42 Å². The summed E-state index contributed by atoms with van der Waals surface area (Å²) in [5.74, 6) is 3.40. The summed E-state index contributed by atoms with van der Waals surface area (Å²) in [7, 11) is 1.65. The molecule has 3 unspecified atom stereocenters. The fourth-order valence-corrected chi connectivity index (χ4v) is 3.38. The van der Waals surface area contributed by atoms with Crippen LogP contribution in [0.15, 0.2) is 6.33 Å². The number of anilines is 1. The molecule has 0 amide bonds. The molecular weight excluding hydrogens is 214 g/mol. The highest BCUT2D eigenvalue weighted by molar-refractivity contribution is 5.48. The van der Waals surface area contributed by atoms with Gasteiger partial charge in [0.2, 0.25) is 5.88 Å². The summed E-state index contributed by atoms with van der Waals surface area (Å²) < 4.78 is 5.22. The lowest BCUT2D eigenvalue weighted by molar-refractivity contribution is 0.393. The Kier molecular flexibility index (Phi) is 2.65. The van der Waals surface area contributed by atoms with E-state index in [0.717, 1.165) is 23.2 Å². The number of methoxy groups -OCH3 is 1. The van der Waals surface area contributed by atoms with E-state index in [2.05, 4.69) is 15.3 Å². The van der Waals surface area contributed by atoms with Crippen LogP contribution in [0.3, 0.4) is 0 Å². The van der Waals surface area contributed by atoms with Crippen LogP contribution < -0.4 is 10.1 Å². The van der Waals surface area contributed by atoms with Crippen LogP contribution in [0.25, 0.3) is 0 Å². The lowest BCUT2D eigenvalue weighted by Gasteiger charge is -2.24. The first-order valence-corrected chi connectivity index (χ1v) is 6.40. The molecule has 1 heterocycles. The molecular formula is C13H19N3O.